The van der Waals surface area contributed by atoms with E-state index >= 15 is 0 Å². The average molecular weight is 289 g/mol. The molecule has 1 aromatic carbocycles. The maximum Gasteiger partial charge on any atom is 0.240 e. The lowest BCUT2D eigenvalue weighted by molar-refractivity contribution is -0.134. The molecule has 2 unspecified atom stereocenters. The van der Waals surface area contributed by atoms with Crippen LogP contribution in [0.5, 0.6) is 0 Å². The highest BCUT2D eigenvalue weighted by Gasteiger charge is 2.32. The zero-order valence-electron chi connectivity index (χ0n) is 12.4. The molecule has 1 aromatic rings. The van der Waals surface area contributed by atoms with Crippen LogP contribution in [0.2, 0.25) is 0 Å². The van der Waals surface area contributed by atoms with Crippen molar-refractivity contribution >= 4 is 5.91 Å². The van der Waals surface area contributed by atoms with Crippen molar-refractivity contribution in [3.8, 4) is 6.07 Å². The molecule has 4 nitrogen and oxygen atoms in total. The first-order valence-corrected chi connectivity index (χ1v) is 7.27. The maximum atomic E-state index is 13.9. The number of amides is 1. The smallest absolute Gasteiger partial charge is 0.240 e. The van der Waals surface area contributed by atoms with Crippen LogP contribution in [0.1, 0.15) is 31.4 Å². The van der Waals surface area contributed by atoms with Crippen LogP contribution < -0.4 is 5.32 Å². The van der Waals surface area contributed by atoms with E-state index in [1.807, 2.05) is 13.0 Å². The van der Waals surface area contributed by atoms with E-state index in [9.17, 15) is 9.18 Å². The fraction of sp³-hybridized carbons (Fsp3) is 0.500. The standard InChI is InChI=1S/C16H20FN3O/c1-3-20(16(21)15-11(2)6-7-19-15)10-13-5-4-12(9-18)8-14(13)17/h4-5,8,11,15,19H,3,6-7,10H2,1-2H3. The van der Waals surface area contributed by atoms with Gasteiger partial charge in [-0.05, 0) is 37.9 Å². The summed E-state index contributed by atoms with van der Waals surface area (Å²) in [7, 11) is 0. The molecule has 1 aliphatic heterocycles. The van der Waals surface area contributed by atoms with Crippen LogP contribution in [0.25, 0.3) is 0 Å². The summed E-state index contributed by atoms with van der Waals surface area (Å²) in [5.74, 6) is -0.114. The fourth-order valence-corrected chi connectivity index (χ4v) is 2.66. The molecule has 1 saturated heterocycles. The Morgan fingerprint density at radius 2 is 2.33 bits per heavy atom. The molecule has 21 heavy (non-hydrogen) atoms. The lowest BCUT2D eigenvalue weighted by Crippen LogP contribution is -2.45. The topological polar surface area (TPSA) is 56.1 Å². The lowest BCUT2D eigenvalue weighted by Gasteiger charge is -2.26. The van der Waals surface area contributed by atoms with Crippen LogP contribution in [-0.2, 0) is 11.3 Å². The van der Waals surface area contributed by atoms with Crippen LogP contribution in [0.4, 0.5) is 4.39 Å². The van der Waals surface area contributed by atoms with Crippen LogP contribution in [0.3, 0.4) is 0 Å². The van der Waals surface area contributed by atoms with Crippen molar-refractivity contribution in [1.29, 1.82) is 5.26 Å². The molecule has 0 spiro atoms. The van der Waals surface area contributed by atoms with E-state index in [2.05, 4.69) is 12.2 Å². The highest BCUT2D eigenvalue weighted by molar-refractivity contribution is 5.82. The van der Waals surface area contributed by atoms with Crippen molar-refractivity contribution in [3.63, 3.8) is 0 Å². The van der Waals surface area contributed by atoms with Gasteiger partial charge in [0.05, 0.1) is 17.7 Å². The molecule has 0 aliphatic carbocycles. The number of carbonyl (C=O) groups is 1. The maximum absolute atomic E-state index is 13.9. The first-order valence-electron chi connectivity index (χ1n) is 7.27. The lowest BCUT2D eigenvalue weighted by atomic mass is 10.0. The third kappa shape index (κ3) is 3.40. The van der Waals surface area contributed by atoms with Gasteiger partial charge in [0.1, 0.15) is 5.82 Å². The monoisotopic (exact) mass is 289 g/mol. The number of nitrogens with one attached hydrogen (secondary N) is 1. The number of rotatable bonds is 4. The van der Waals surface area contributed by atoms with E-state index in [-0.39, 0.29) is 24.1 Å². The second-order valence-corrected chi connectivity index (χ2v) is 5.47. The van der Waals surface area contributed by atoms with Gasteiger partial charge in [-0.3, -0.25) is 4.79 Å². The van der Waals surface area contributed by atoms with Crippen molar-refractivity contribution in [2.75, 3.05) is 13.1 Å². The minimum absolute atomic E-state index is 0.0197. The molecule has 5 heteroatoms. The molecule has 112 valence electrons. The van der Waals surface area contributed by atoms with Crippen molar-refractivity contribution in [1.82, 2.24) is 10.2 Å². The second kappa shape index (κ2) is 6.68. The van der Waals surface area contributed by atoms with Gasteiger partial charge in [-0.2, -0.15) is 5.26 Å². The SMILES string of the molecule is CCN(Cc1ccc(C#N)cc1F)C(=O)C1NCCC1C. The number of hydrogen-bond donors (Lipinski definition) is 1. The highest BCUT2D eigenvalue weighted by Crippen LogP contribution is 2.19. The fourth-order valence-electron chi connectivity index (χ4n) is 2.66. The minimum Gasteiger partial charge on any atom is -0.337 e. The van der Waals surface area contributed by atoms with E-state index in [0.29, 0.717) is 18.0 Å². The predicted octanol–water partition coefficient (Wildman–Crippen LogP) is 2.04. The molecule has 0 bridgehead atoms. The molecule has 2 atom stereocenters. The van der Waals surface area contributed by atoms with Crippen LogP contribution in [0.15, 0.2) is 18.2 Å². The summed E-state index contributed by atoms with van der Waals surface area (Å²) in [5, 5.41) is 12.0. The molecular weight excluding hydrogens is 269 g/mol. The Balaban J connectivity index is 2.12. The predicted molar refractivity (Wildman–Crippen MR) is 77.8 cm³/mol. The molecule has 1 fully saturated rings. The summed E-state index contributed by atoms with van der Waals surface area (Å²) in [6.07, 6.45) is 0.985. The number of likely N-dealkylation sites (N-methyl/N-ethyl adjacent to an activating group) is 1. The Hall–Kier alpha value is -1.93. The molecule has 1 aliphatic rings. The summed E-state index contributed by atoms with van der Waals surface area (Å²) in [4.78, 5) is 14.2. The first kappa shape index (κ1) is 15.5. The van der Waals surface area contributed by atoms with Gasteiger partial charge in [0, 0.05) is 18.7 Å². The zero-order valence-corrected chi connectivity index (χ0v) is 12.4. The molecule has 0 saturated carbocycles. The summed E-state index contributed by atoms with van der Waals surface area (Å²) >= 11 is 0. The minimum atomic E-state index is -0.437. The molecule has 0 aromatic heterocycles. The molecule has 1 N–H and O–H groups in total. The highest BCUT2D eigenvalue weighted by atomic mass is 19.1. The molecule has 1 amide bonds. The largest absolute Gasteiger partial charge is 0.337 e. The summed E-state index contributed by atoms with van der Waals surface area (Å²) in [6.45, 7) is 5.55. The number of nitriles is 1. The normalized spacial score (nSPS) is 21.0. The number of halogens is 1. The third-order valence-electron chi connectivity index (χ3n) is 4.04. The number of nitrogens with zero attached hydrogens (tertiary/aromatic N) is 2. The Morgan fingerprint density at radius 3 is 2.86 bits per heavy atom. The van der Waals surface area contributed by atoms with Crippen molar-refractivity contribution in [2.24, 2.45) is 5.92 Å². The van der Waals surface area contributed by atoms with E-state index in [1.165, 1.54) is 6.07 Å². The van der Waals surface area contributed by atoms with E-state index in [1.54, 1.807) is 17.0 Å². The Labute approximate surface area is 124 Å². The van der Waals surface area contributed by atoms with Gasteiger partial charge in [0.25, 0.3) is 0 Å². The van der Waals surface area contributed by atoms with Crippen molar-refractivity contribution < 1.29 is 9.18 Å². The number of hydrogen-bond acceptors (Lipinski definition) is 3. The van der Waals surface area contributed by atoms with Crippen LogP contribution in [-0.4, -0.2) is 29.9 Å². The quantitative estimate of drug-likeness (QED) is 0.923. The Kier molecular flexibility index (Phi) is 4.92. The molecule has 1 heterocycles. The molecule has 0 radical (unpaired) electrons. The summed E-state index contributed by atoms with van der Waals surface area (Å²) < 4.78 is 13.9. The van der Waals surface area contributed by atoms with E-state index in [0.717, 1.165) is 13.0 Å². The Bertz CT molecular complexity index is 567. The summed E-state index contributed by atoms with van der Waals surface area (Å²) in [6, 6.07) is 6.10. The first-order chi connectivity index (χ1) is 10.1. The second-order valence-electron chi connectivity index (χ2n) is 5.47. The van der Waals surface area contributed by atoms with Crippen molar-refractivity contribution in [3.05, 3.63) is 35.1 Å². The summed E-state index contributed by atoms with van der Waals surface area (Å²) in [5.41, 5.74) is 0.728. The van der Waals surface area contributed by atoms with E-state index in [4.69, 9.17) is 5.26 Å². The average Bonchev–Trinajstić information content (AvgIpc) is 2.91. The molecule has 2 rings (SSSR count). The van der Waals surface area contributed by atoms with Gasteiger partial charge >= 0.3 is 0 Å². The molecular formula is C16H20FN3O. The van der Waals surface area contributed by atoms with Gasteiger partial charge in [-0.15, -0.1) is 0 Å². The van der Waals surface area contributed by atoms with Crippen LogP contribution in [0, 0.1) is 23.1 Å². The zero-order chi connectivity index (χ0) is 15.4. The van der Waals surface area contributed by atoms with Gasteiger partial charge in [-0.1, -0.05) is 13.0 Å². The van der Waals surface area contributed by atoms with Gasteiger partial charge < -0.3 is 10.2 Å². The van der Waals surface area contributed by atoms with Gasteiger partial charge in [0.15, 0.2) is 0 Å². The van der Waals surface area contributed by atoms with Gasteiger partial charge in [-0.25, -0.2) is 4.39 Å². The number of carbonyl (C=O) groups excluding carboxylic acids is 1. The van der Waals surface area contributed by atoms with E-state index < -0.39 is 5.82 Å². The third-order valence-corrected chi connectivity index (χ3v) is 4.04. The van der Waals surface area contributed by atoms with Gasteiger partial charge in [0.2, 0.25) is 5.91 Å². The van der Waals surface area contributed by atoms with Crippen LogP contribution >= 0.6 is 0 Å². The van der Waals surface area contributed by atoms with Crippen molar-refractivity contribution in [2.45, 2.75) is 32.9 Å². The number of benzene rings is 1. The Morgan fingerprint density at radius 1 is 1.57 bits per heavy atom.